The monoisotopic (exact) mass is 294 g/mol. The van der Waals surface area contributed by atoms with E-state index in [4.69, 9.17) is 0 Å². The Morgan fingerprint density at radius 3 is 1.38 bits per heavy atom. The van der Waals surface area contributed by atoms with Gasteiger partial charge in [-0.05, 0) is 34.1 Å². The first-order valence-electron chi connectivity index (χ1n) is 5.42. The molecule has 0 heterocycles. The number of hydrogen-bond donors (Lipinski definition) is 0. The molecule has 0 bridgehead atoms. The molecule has 88 valence electrons. The van der Waals surface area contributed by atoms with E-state index in [2.05, 4.69) is 75.7 Å². The molecule has 1 aromatic rings. The molecule has 0 fully saturated rings. The zero-order chi connectivity index (χ0) is 11.9. The van der Waals surface area contributed by atoms with Crippen LogP contribution in [-0.2, 0) is 10.8 Å². The molecular formula is C14H23BrMg. The topological polar surface area (TPSA) is 0 Å². The maximum absolute atomic E-state index is 3.60. The maximum atomic E-state index is 3.60. The average molecular weight is 296 g/mol. The van der Waals surface area contributed by atoms with E-state index < -0.39 is 0 Å². The van der Waals surface area contributed by atoms with Gasteiger partial charge in [-0.2, -0.15) is 0 Å². The molecule has 1 aromatic carbocycles. The SMILES string of the molecule is CC(C)(C)c1cc(Br)cc(C(C)(C)C)c1.[H-].[H-].[Mg+2]. The zero-order valence-electron chi connectivity index (χ0n) is 13.3. The first-order chi connectivity index (χ1) is 6.60. The molecule has 0 aliphatic rings. The first kappa shape index (κ1) is 16.5. The second-order valence-electron chi connectivity index (χ2n) is 6.23. The van der Waals surface area contributed by atoms with Crippen LogP contribution in [0.4, 0.5) is 0 Å². The smallest absolute Gasteiger partial charge is 1.00 e. The summed E-state index contributed by atoms with van der Waals surface area (Å²) in [4.78, 5) is 0. The molecule has 0 atom stereocenters. The summed E-state index contributed by atoms with van der Waals surface area (Å²) >= 11 is 3.60. The standard InChI is InChI=1S/C14H21Br.Mg.2H/c1-13(2,3)10-7-11(14(4,5)6)9-12(15)8-10;;;/h7-9H,1-6H3;;;/q;+2;2*-1. The van der Waals surface area contributed by atoms with Crippen LogP contribution in [0.5, 0.6) is 0 Å². The van der Waals surface area contributed by atoms with E-state index >= 15 is 0 Å². The van der Waals surface area contributed by atoms with Crippen molar-refractivity contribution in [3.63, 3.8) is 0 Å². The van der Waals surface area contributed by atoms with Crippen molar-refractivity contribution in [3.8, 4) is 0 Å². The molecule has 0 N–H and O–H groups in total. The summed E-state index contributed by atoms with van der Waals surface area (Å²) in [6.07, 6.45) is 0. The van der Waals surface area contributed by atoms with Crippen LogP contribution < -0.4 is 0 Å². The molecule has 0 amide bonds. The van der Waals surface area contributed by atoms with Crippen LogP contribution in [0.3, 0.4) is 0 Å². The number of benzene rings is 1. The molecule has 0 aromatic heterocycles. The van der Waals surface area contributed by atoms with E-state index in [0.29, 0.717) is 0 Å². The minimum absolute atomic E-state index is 0. The van der Waals surface area contributed by atoms with E-state index in [0.717, 1.165) is 0 Å². The van der Waals surface area contributed by atoms with Gasteiger partial charge in [0.1, 0.15) is 0 Å². The van der Waals surface area contributed by atoms with Crippen LogP contribution in [0.1, 0.15) is 55.5 Å². The fourth-order valence-corrected chi connectivity index (χ4v) is 1.95. The van der Waals surface area contributed by atoms with E-state index in [1.807, 2.05) is 0 Å². The van der Waals surface area contributed by atoms with Crippen LogP contribution in [-0.4, -0.2) is 23.1 Å². The van der Waals surface area contributed by atoms with Gasteiger partial charge in [-0.3, -0.25) is 0 Å². The van der Waals surface area contributed by atoms with Crippen molar-refractivity contribution in [1.82, 2.24) is 0 Å². The van der Waals surface area contributed by atoms with Crippen molar-refractivity contribution in [3.05, 3.63) is 33.8 Å². The Hall–Kier alpha value is 0.466. The van der Waals surface area contributed by atoms with E-state index in [-0.39, 0.29) is 36.7 Å². The fourth-order valence-electron chi connectivity index (χ4n) is 1.46. The average Bonchev–Trinajstić information content (AvgIpc) is 1.99. The Morgan fingerprint density at radius 1 is 0.812 bits per heavy atom. The Labute approximate surface area is 127 Å². The van der Waals surface area contributed by atoms with Crippen molar-refractivity contribution < 1.29 is 2.85 Å². The second kappa shape index (κ2) is 5.41. The van der Waals surface area contributed by atoms with Crippen LogP contribution in [0.2, 0.25) is 0 Å². The van der Waals surface area contributed by atoms with Gasteiger partial charge in [0.05, 0.1) is 0 Å². The summed E-state index contributed by atoms with van der Waals surface area (Å²) in [6, 6.07) is 6.76. The molecule has 16 heavy (non-hydrogen) atoms. The van der Waals surface area contributed by atoms with Crippen LogP contribution in [0.25, 0.3) is 0 Å². The third-order valence-electron chi connectivity index (χ3n) is 2.63. The summed E-state index contributed by atoms with van der Waals surface area (Å²) in [5.41, 5.74) is 3.21. The molecule has 0 aliphatic heterocycles. The molecule has 0 radical (unpaired) electrons. The molecule has 0 spiro atoms. The fraction of sp³-hybridized carbons (Fsp3) is 0.571. The number of hydrogen-bond acceptors (Lipinski definition) is 0. The molecule has 1 rings (SSSR count). The van der Waals surface area contributed by atoms with Crippen molar-refractivity contribution in [2.45, 2.75) is 52.4 Å². The van der Waals surface area contributed by atoms with Gasteiger partial charge in [0.2, 0.25) is 0 Å². The van der Waals surface area contributed by atoms with Gasteiger partial charge in [-0.15, -0.1) is 0 Å². The summed E-state index contributed by atoms with van der Waals surface area (Å²) in [5, 5.41) is 0. The minimum Gasteiger partial charge on any atom is -1.00 e. The predicted octanol–water partition coefficient (Wildman–Crippen LogP) is 4.89. The summed E-state index contributed by atoms with van der Waals surface area (Å²) in [6.45, 7) is 13.5. The van der Waals surface area contributed by atoms with E-state index in [1.165, 1.54) is 15.6 Å². The van der Waals surface area contributed by atoms with Crippen molar-refractivity contribution in [1.29, 1.82) is 0 Å². The third-order valence-corrected chi connectivity index (χ3v) is 3.09. The summed E-state index contributed by atoms with van der Waals surface area (Å²) < 4.78 is 1.18. The molecule has 2 heteroatoms. The zero-order valence-corrected chi connectivity index (χ0v) is 14.3. The number of halogens is 1. The Balaban J connectivity index is -0.000000750. The van der Waals surface area contributed by atoms with Crippen LogP contribution in [0.15, 0.2) is 22.7 Å². The van der Waals surface area contributed by atoms with Gasteiger partial charge >= 0.3 is 23.1 Å². The van der Waals surface area contributed by atoms with Gasteiger partial charge < -0.3 is 2.85 Å². The third kappa shape index (κ3) is 4.38. The Morgan fingerprint density at radius 2 is 1.12 bits per heavy atom. The van der Waals surface area contributed by atoms with Gasteiger partial charge in [-0.25, -0.2) is 0 Å². The molecule has 0 aliphatic carbocycles. The Bertz CT molecular complexity index is 333. The van der Waals surface area contributed by atoms with E-state index in [1.54, 1.807) is 0 Å². The van der Waals surface area contributed by atoms with Gasteiger partial charge in [0, 0.05) is 4.47 Å². The quantitative estimate of drug-likeness (QED) is 0.598. The summed E-state index contributed by atoms with van der Waals surface area (Å²) in [5.74, 6) is 0. The van der Waals surface area contributed by atoms with Crippen molar-refractivity contribution in [2.75, 3.05) is 0 Å². The minimum atomic E-state index is 0. The molecule has 0 unspecified atom stereocenters. The number of rotatable bonds is 0. The first-order valence-corrected chi connectivity index (χ1v) is 6.21. The molecule has 0 nitrogen and oxygen atoms in total. The maximum Gasteiger partial charge on any atom is 2.00 e. The van der Waals surface area contributed by atoms with Gasteiger partial charge in [0.15, 0.2) is 0 Å². The van der Waals surface area contributed by atoms with Gasteiger partial charge in [-0.1, -0.05) is 63.5 Å². The Kier molecular flexibility index (Phi) is 5.56. The van der Waals surface area contributed by atoms with Crippen LogP contribution in [0, 0.1) is 0 Å². The molecule has 0 saturated heterocycles. The van der Waals surface area contributed by atoms with Crippen LogP contribution >= 0.6 is 15.9 Å². The predicted molar refractivity (Wildman–Crippen MR) is 79.5 cm³/mol. The van der Waals surface area contributed by atoms with Gasteiger partial charge in [0.25, 0.3) is 0 Å². The van der Waals surface area contributed by atoms with Crippen molar-refractivity contribution in [2.24, 2.45) is 0 Å². The normalized spacial score (nSPS) is 12.2. The second-order valence-corrected chi connectivity index (χ2v) is 7.14. The van der Waals surface area contributed by atoms with E-state index in [9.17, 15) is 0 Å². The molecule has 0 saturated carbocycles. The summed E-state index contributed by atoms with van der Waals surface area (Å²) in [7, 11) is 0. The largest absolute Gasteiger partial charge is 2.00 e. The molecular weight excluding hydrogens is 272 g/mol. The van der Waals surface area contributed by atoms with Crippen molar-refractivity contribution >= 4 is 39.0 Å².